The SMILES string of the molecule is CN1C(=CC2C(O)C(c3c(O)cc(O)cc3O)C2O)C(C)(C)c2ccccc21. The number of likely N-dealkylation sites (N-methyl/N-ethyl adjacent to an activating group) is 1. The Morgan fingerprint density at radius 3 is 2.11 bits per heavy atom. The molecule has 1 saturated carbocycles. The predicted molar refractivity (Wildman–Crippen MR) is 106 cm³/mol. The van der Waals surface area contributed by atoms with E-state index in [1.807, 2.05) is 31.3 Å². The molecule has 1 heterocycles. The second-order valence-corrected chi connectivity index (χ2v) is 8.24. The summed E-state index contributed by atoms with van der Waals surface area (Å²) in [6, 6.07) is 10.3. The maximum Gasteiger partial charge on any atom is 0.126 e. The number of aliphatic hydroxyl groups is 2. The van der Waals surface area contributed by atoms with Gasteiger partial charge < -0.3 is 30.4 Å². The van der Waals surface area contributed by atoms with Crippen molar-refractivity contribution in [1.29, 1.82) is 0 Å². The normalized spacial score (nSPS) is 29.6. The number of fused-ring (bicyclic) bond motifs is 1. The summed E-state index contributed by atoms with van der Waals surface area (Å²) >= 11 is 0. The molecular formula is C22H25NO5. The van der Waals surface area contributed by atoms with E-state index in [1.54, 1.807) is 0 Å². The maximum atomic E-state index is 10.7. The van der Waals surface area contributed by atoms with E-state index < -0.39 is 24.0 Å². The number of para-hydroxylation sites is 1. The van der Waals surface area contributed by atoms with Crippen LogP contribution in [0.25, 0.3) is 0 Å². The molecule has 0 amide bonds. The molecule has 2 atom stereocenters. The molecule has 0 radical (unpaired) electrons. The summed E-state index contributed by atoms with van der Waals surface area (Å²) in [5.41, 5.74) is 3.02. The Hall–Kier alpha value is -2.70. The first-order chi connectivity index (χ1) is 13.1. The number of allylic oxidation sites excluding steroid dienone is 1. The highest BCUT2D eigenvalue weighted by molar-refractivity contribution is 5.70. The van der Waals surface area contributed by atoms with Crippen molar-refractivity contribution in [2.45, 2.75) is 37.4 Å². The summed E-state index contributed by atoms with van der Waals surface area (Å²) in [6.45, 7) is 4.21. The van der Waals surface area contributed by atoms with Gasteiger partial charge in [0.1, 0.15) is 17.2 Å². The second-order valence-electron chi connectivity index (χ2n) is 8.24. The average molecular weight is 383 g/mol. The summed E-state index contributed by atoms with van der Waals surface area (Å²) in [4.78, 5) is 2.07. The number of hydrogen-bond acceptors (Lipinski definition) is 6. The van der Waals surface area contributed by atoms with Gasteiger partial charge in [-0.3, -0.25) is 0 Å². The third-order valence-corrected chi connectivity index (χ3v) is 6.27. The Morgan fingerprint density at radius 2 is 1.54 bits per heavy atom. The molecule has 1 fully saturated rings. The lowest BCUT2D eigenvalue weighted by Gasteiger charge is -2.46. The Morgan fingerprint density at radius 1 is 0.964 bits per heavy atom. The minimum Gasteiger partial charge on any atom is -0.508 e. The van der Waals surface area contributed by atoms with Crippen LogP contribution in [-0.2, 0) is 5.41 Å². The van der Waals surface area contributed by atoms with Gasteiger partial charge in [0.25, 0.3) is 0 Å². The molecule has 0 bridgehead atoms. The molecule has 2 aromatic carbocycles. The van der Waals surface area contributed by atoms with Crippen molar-refractivity contribution < 1.29 is 25.5 Å². The van der Waals surface area contributed by atoms with Gasteiger partial charge in [-0.25, -0.2) is 0 Å². The first-order valence-electron chi connectivity index (χ1n) is 9.31. The van der Waals surface area contributed by atoms with Crippen LogP contribution in [0.5, 0.6) is 17.2 Å². The van der Waals surface area contributed by atoms with Crippen LogP contribution < -0.4 is 4.90 Å². The molecule has 2 unspecified atom stereocenters. The Bertz CT molecular complexity index is 934. The largest absolute Gasteiger partial charge is 0.508 e. The number of phenolic OH excluding ortho intramolecular Hbond substituents is 3. The fourth-order valence-corrected chi connectivity index (χ4v) is 4.71. The zero-order valence-electron chi connectivity index (χ0n) is 16.0. The van der Waals surface area contributed by atoms with Crippen molar-refractivity contribution in [2.75, 3.05) is 11.9 Å². The van der Waals surface area contributed by atoms with Crippen LogP contribution in [0.3, 0.4) is 0 Å². The fraction of sp³-hybridized carbons (Fsp3) is 0.364. The summed E-state index contributed by atoms with van der Waals surface area (Å²) in [5.74, 6) is -2.36. The van der Waals surface area contributed by atoms with Crippen molar-refractivity contribution in [3.05, 3.63) is 59.3 Å². The molecule has 1 aliphatic heterocycles. The van der Waals surface area contributed by atoms with E-state index in [0.717, 1.165) is 23.5 Å². The lowest BCUT2D eigenvalue weighted by atomic mass is 9.64. The standard InChI is InChI=1S/C22H25NO5/c1-22(2)13-6-4-5-7-14(13)23(3)17(22)10-12-20(27)19(21(12)28)18-15(25)8-11(24)9-16(18)26/h4-10,12,19-21,24-28H,1-3H3. The highest BCUT2D eigenvalue weighted by Crippen LogP contribution is 2.53. The minimum absolute atomic E-state index is 0.0507. The third-order valence-electron chi connectivity index (χ3n) is 6.27. The maximum absolute atomic E-state index is 10.7. The molecule has 0 aromatic heterocycles. The van der Waals surface area contributed by atoms with Gasteiger partial charge in [0.05, 0.1) is 12.2 Å². The van der Waals surface area contributed by atoms with E-state index in [9.17, 15) is 25.5 Å². The van der Waals surface area contributed by atoms with Crippen molar-refractivity contribution in [2.24, 2.45) is 5.92 Å². The van der Waals surface area contributed by atoms with Crippen LogP contribution >= 0.6 is 0 Å². The smallest absolute Gasteiger partial charge is 0.126 e. The number of phenols is 3. The van der Waals surface area contributed by atoms with Gasteiger partial charge >= 0.3 is 0 Å². The van der Waals surface area contributed by atoms with Crippen LogP contribution in [0.15, 0.2) is 48.2 Å². The van der Waals surface area contributed by atoms with Crippen LogP contribution in [0, 0.1) is 5.92 Å². The van der Waals surface area contributed by atoms with Crippen molar-refractivity contribution in [3.63, 3.8) is 0 Å². The third kappa shape index (κ3) is 2.48. The number of anilines is 1. The summed E-state index contributed by atoms with van der Waals surface area (Å²) in [6.07, 6.45) is -0.0612. The first-order valence-corrected chi connectivity index (χ1v) is 9.31. The van der Waals surface area contributed by atoms with Gasteiger partial charge in [0.15, 0.2) is 0 Å². The van der Waals surface area contributed by atoms with Gasteiger partial charge in [-0.1, -0.05) is 38.1 Å². The fourth-order valence-electron chi connectivity index (χ4n) is 4.71. The second kappa shape index (κ2) is 6.15. The number of rotatable bonds is 2. The van der Waals surface area contributed by atoms with E-state index in [0.29, 0.717) is 0 Å². The Kier molecular flexibility index (Phi) is 4.10. The molecule has 0 spiro atoms. The summed E-state index contributed by atoms with van der Waals surface area (Å²) < 4.78 is 0. The highest BCUT2D eigenvalue weighted by atomic mass is 16.3. The quantitative estimate of drug-likeness (QED) is 0.546. The average Bonchev–Trinajstić information content (AvgIpc) is 2.82. The monoisotopic (exact) mass is 383 g/mol. The van der Waals surface area contributed by atoms with Crippen LogP contribution in [0.1, 0.15) is 30.9 Å². The molecule has 1 aliphatic carbocycles. The van der Waals surface area contributed by atoms with E-state index in [1.165, 1.54) is 5.56 Å². The van der Waals surface area contributed by atoms with Gasteiger partial charge in [-0.2, -0.15) is 0 Å². The first kappa shape index (κ1) is 18.7. The van der Waals surface area contributed by atoms with E-state index >= 15 is 0 Å². The topological polar surface area (TPSA) is 104 Å². The Labute approximate surface area is 163 Å². The lowest BCUT2D eigenvalue weighted by molar-refractivity contribution is -0.0959. The summed E-state index contributed by atoms with van der Waals surface area (Å²) in [7, 11) is 1.96. The molecular weight excluding hydrogens is 358 g/mol. The van der Waals surface area contributed by atoms with Crippen LogP contribution in [0.4, 0.5) is 5.69 Å². The van der Waals surface area contributed by atoms with Crippen LogP contribution in [0.2, 0.25) is 0 Å². The molecule has 0 saturated heterocycles. The molecule has 148 valence electrons. The number of aromatic hydroxyl groups is 3. The number of hydrogen-bond donors (Lipinski definition) is 5. The lowest BCUT2D eigenvalue weighted by Crippen LogP contribution is -2.53. The van der Waals surface area contributed by atoms with Crippen molar-refractivity contribution in [3.8, 4) is 17.2 Å². The summed E-state index contributed by atoms with van der Waals surface area (Å²) in [5, 5.41) is 51.1. The van der Waals surface area contributed by atoms with Gasteiger partial charge in [-0.15, -0.1) is 0 Å². The van der Waals surface area contributed by atoms with Crippen molar-refractivity contribution >= 4 is 5.69 Å². The molecule has 28 heavy (non-hydrogen) atoms. The number of aliphatic hydroxyl groups excluding tert-OH is 2. The molecule has 2 aliphatic rings. The van der Waals surface area contributed by atoms with Crippen molar-refractivity contribution in [1.82, 2.24) is 0 Å². The molecule has 2 aromatic rings. The van der Waals surface area contributed by atoms with Gasteiger partial charge in [0.2, 0.25) is 0 Å². The molecule has 6 heteroatoms. The van der Waals surface area contributed by atoms with Gasteiger partial charge in [-0.05, 0) is 11.6 Å². The highest BCUT2D eigenvalue weighted by Gasteiger charge is 2.52. The van der Waals surface area contributed by atoms with Gasteiger partial charge in [0, 0.05) is 53.4 Å². The Balaban J connectivity index is 1.67. The zero-order valence-corrected chi connectivity index (χ0v) is 16.0. The van der Waals surface area contributed by atoms with E-state index in [2.05, 4.69) is 24.8 Å². The number of benzene rings is 2. The molecule has 5 N–H and O–H groups in total. The number of nitrogens with zero attached hydrogens (tertiary/aromatic N) is 1. The van der Waals surface area contributed by atoms with E-state index in [4.69, 9.17) is 0 Å². The van der Waals surface area contributed by atoms with Crippen LogP contribution in [-0.4, -0.2) is 44.8 Å². The minimum atomic E-state index is -0.975. The molecule has 6 nitrogen and oxygen atoms in total. The molecule has 4 rings (SSSR count). The zero-order chi connectivity index (χ0) is 20.4. The van der Waals surface area contributed by atoms with E-state index in [-0.39, 0.29) is 28.2 Å². The predicted octanol–water partition coefficient (Wildman–Crippen LogP) is 2.55.